The molecule has 1 aliphatic heterocycles. The molecule has 0 aliphatic carbocycles. The summed E-state index contributed by atoms with van der Waals surface area (Å²) in [6.45, 7) is 7.77. The maximum absolute atomic E-state index is 13.2. The summed E-state index contributed by atoms with van der Waals surface area (Å²) in [5.74, 6) is -0.747. The van der Waals surface area contributed by atoms with Gasteiger partial charge in [0.15, 0.2) is 6.23 Å². The molecule has 2 aromatic carbocycles. The highest BCUT2D eigenvalue weighted by Gasteiger charge is 2.63. The molecule has 0 saturated carbocycles. The predicted octanol–water partition coefficient (Wildman–Crippen LogP) is 5.01. The second-order valence-electron chi connectivity index (χ2n) is 8.93. The summed E-state index contributed by atoms with van der Waals surface area (Å²) in [5, 5.41) is 12.4. The van der Waals surface area contributed by atoms with E-state index in [9.17, 15) is 19.5 Å². The molecule has 0 bridgehead atoms. The zero-order chi connectivity index (χ0) is 24.9. The van der Waals surface area contributed by atoms with Crippen LogP contribution >= 0.6 is 0 Å². The lowest BCUT2D eigenvalue weighted by Gasteiger charge is -2.52. The highest BCUT2D eigenvalue weighted by Crippen LogP contribution is 2.46. The molecule has 1 fully saturated rings. The van der Waals surface area contributed by atoms with Gasteiger partial charge in [-0.3, -0.25) is 9.59 Å². The Bertz CT molecular complexity index is 1010. The van der Waals surface area contributed by atoms with Crippen molar-refractivity contribution in [3.05, 3.63) is 65.2 Å². The van der Waals surface area contributed by atoms with Crippen LogP contribution in [0.3, 0.4) is 0 Å². The Hall–Kier alpha value is -3.35. The normalized spacial score (nSPS) is 17.6. The summed E-state index contributed by atoms with van der Waals surface area (Å²) in [5.41, 5.74) is 1.85. The van der Waals surface area contributed by atoms with Crippen molar-refractivity contribution in [2.45, 2.75) is 72.1 Å². The van der Waals surface area contributed by atoms with Gasteiger partial charge in [0.1, 0.15) is 11.2 Å². The number of imide groups is 1. The van der Waals surface area contributed by atoms with Crippen LogP contribution in [0.25, 0.3) is 0 Å². The highest BCUT2D eigenvalue weighted by molar-refractivity contribution is 6.03. The minimum atomic E-state index is -0.958. The molecule has 3 amide bonds. The SMILES string of the molecule is CCC[C@@H](NC(=O)N1C(=O)C(CC)(CC)[C@H]1OC(=O)Cc1ccc(O)cc1)c1ccc(C)cc1. The lowest BCUT2D eigenvalue weighted by atomic mass is 9.72. The number of benzene rings is 2. The summed E-state index contributed by atoms with van der Waals surface area (Å²) in [7, 11) is 0. The number of nitrogens with zero attached hydrogens (tertiary/aromatic N) is 1. The Morgan fingerprint density at radius 1 is 1.06 bits per heavy atom. The van der Waals surface area contributed by atoms with Crippen molar-refractivity contribution in [3.8, 4) is 5.75 Å². The monoisotopic (exact) mass is 466 g/mol. The summed E-state index contributed by atoms with van der Waals surface area (Å²) < 4.78 is 5.73. The number of aromatic hydroxyl groups is 1. The van der Waals surface area contributed by atoms with Gasteiger partial charge in [0, 0.05) is 0 Å². The number of aryl methyl sites for hydroxylation is 1. The molecule has 2 aromatic rings. The molecule has 2 N–H and O–H groups in total. The zero-order valence-electron chi connectivity index (χ0n) is 20.3. The van der Waals surface area contributed by atoms with Crippen LogP contribution in [-0.2, 0) is 20.7 Å². The van der Waals surface area contributed by atoms with E-state index < -0.39 is 23.6 Å². The number of β-lactam (4-membered cyclic amide) rings is 1. The molecule has 0 aromatic heterocycles. The molecular weight excluding hydrogens is 432 g/mol. The maximum Gasteiger partial charge on any atom is 0.327 e. The number of urea groups is 1. The van der Waals surface area contributed by atoms with E-state index in [-0.39, 0.29) is 24.1 Å². The number of carbonyl (C=O) groups is 3. The van der Waals surface area contributed by atoms with Crippen LogP contribution in [-0.4, -0.2) is 34.1 Å². The average molecular weight is 467 g/mol. The van der Waals surface area contributed by atoms with E-state index in [1.54, 1.807) is 12.1 Å². The summed E-state index contributed by atoms with van der Waals surface area (Å²) in [6, 6.07) is 13.4. The molecule has 2 atom stereocenters. The minimum absolute atomic E-state index is 0.0221. The number of phenols is 1. The first-order chi connectivity index (χ1) is 16.2. The highest BCUT2D eigenvalue weighted by atomic mass is 16.6. The van der Waals surface area contributed by atoms with Crippen molar-refractivity contribution in [2.24, 2.45) is 5.41 Å². The van der Waals surface area contributed by atoms with Crippen LogP contribution in [0.4, 0.5) is 4.79 Å². The third kappa shape index (κ3) is 5.08. The fraction of sp³-hybridized carbons (Fsp3) is 0.444. The van der Waals surface area contributed by atoms with Crippen LogP contribution in [0.2, 0.25) is 0 Å². The molecule has 7 nitrogen and oxygen atoms in total. The molecule has 1 heterocycles. The number of esters is 1. The summed E-state index contributed by atoms with van der Waals surface area (Å²) in [6.07, 6.45) is 1.51. The minimum Gasteiger partial charge on any atom is -0.508 e. The van der Waals surface area contributed by atoms with E-state index >= 15 is 0 Å². The van der Waals surface area contributed by atoms with Gasteiger partial charge in [-0.2, -0.15) is 0 Å². The van der Waals surface area contributed by atoms with E-state index in [2.05, 4.69) is 5.32 Å². The molecule has 1 aliphatic rings. The quantitative estimate of drug-likeness (QED) is 0.400. The average Bonchev–Trinajstić information content (AvgIpc) is 2.81. The van der Waals surface area contributed by atoms with Gasteiger partial charge in [-0.1, -0.05) is 69.2 Å². The van der Waals surface area contributed by atoms with Crippen molar-refractivity contribution >= 4 is 17.9 Å². The first kappa shape index (κ1) is 25.3. The largest absolute Gasteiger partial charge is 0.508 e. The Morgan fingerprint density at radius 2 is 1.68 bits per heavy atom. The molecule has 7 heteroatoms. The number of rotatable bonds is 9. The summed E-state index contributed by atoms with van der Waals surface area (Å²) in [4.78, 5) is 40.2. The fourth-order valence-corrected chi connectivity index (χ4v) is 4.47. The van der Waals surface area contributed by atoms with Crippen LogP contribution in [0.1, 0.15) is 69.2 Å². The lowest BCUT2D eigenvalue weighted by Crippen LogP contribution is -2.73. The third-order valence-electron chi connectivity index (χ3n) is 6.72. The van der Waals surface area contributed by atoms with Crippen molar-refractivity contribution in [3.63, 3.8) is 0 Å². The molecular formula is C27H34N2O5. The number of amides is 3. The number of carbonyl (C=O) groups excluding carboxylic acids is 3. The van der Waals surface area contributed by atoms with Crippen molar-refractivity contribution in [2.75, 3.05) is 0 Å². The third-order valence-corrected chi connectivity index (χ3v) is 6.72. The Labute approximate surface area is 201 Å². The molecule has 1 saturated heterocycles. The van der Waals surface area contributed by atoms with Crippen LogP contribution in [0.5, 0.6) is 5.75 Å². The van der Waals surface area contributed by atoms with E-state index in [1.807, 2.05) is 52.0 Å². The molecule has 0 radical (unpaired) electrons. The smallest absolute Gasteiger partial charge is 0.327 e. The van der Waals surface area contributed by atoms with Gasteiger partial charge in [-0.05, 0) is 49.4 Å². The number of hydrogen-bond acceptors (Lipinski definition) is 5. The lowest BCUT2D eigenvalue weighted by molar-refractivity contribution is -0.211. The molecule has 182 valence electrons. The number of hydrogen-bond donors (Lipinski definition) is 2. The number of nitrogens with one attached hydrogen (secondary N) is 1. The Morgan fingerprint density at radius 3 is 2.24 bits per heavy atom. The van der Waals surface area contributed by atoms with Crippen LogP contribution in [0, 0.1) is 12.3 Å². The van der Waals surface area contributed by atoms with Crippen LogP contribution < -0.4 is 5.32 Å². The zero-order valence-corrected chi connectivity index (χ0v) is 20.3. The van der Waals surface area contributed by atoms with Gasteiger partial charge in [-0.25, -0.2) is 9.69 Å². The number of likely N-dealkylation sites (tertiary alicyclic amines) is 1. The predicted molar refractivity (Wildman–Crippen MR) is 129 cm³/mol. The summed E-state index contributed by atoms with van der Waals surface area (Å²) >= 11 is 0. The van der Waals surface area contributed by atoms with Crippen molar-refractivity contribution in [1.82, 2.24) is 10.2 Å². The van der Waals surface area contributed by atoms with Gasteiger partial charge in [-0.15, -0.1) is 0 Å². The van der Waals surface area contributed by atoms with E-state index in [0.717, 1.165) is 28.9 Å². The number of phenolic OH excluding ortho intramolecular Hbond substituents is 1. The standard InChI is InChI=1S/C27H34N2O5/c1-5-8-22(20-13-9-18(4)10-14-20)28-26(33)29-24(32)27(6-2,7-3)25(29)34-23(31)17-19-11-15-21(30)16-12-19/h9-16,22,25,30H,5-8,17H2,1-4H3,(H,28,33)/t22-,25-/m1/s1. The molecule has 34 heavy (non-hydrogen) atoms. The Balaban J connectivity index is 1.77. The van der Waals surface area contributed by atoms with Gasteiger partial charge in [0.25, 0.3) is 0 Å². The van der Waals surface area contributed by atoms with E-state index in [4.69, 9.17) is 4.74 Å². The van der Waals surface area contributed by atoms with E-state index in [0.29, 0.717) is 18.4 Å². The van der Waals surface area contributed by atoms with Gasteiger partial charge in [0.05, 0.1) is 12.5 Å². The Kier molecular flexibility index (Phi) is 7.97. The molecule has 0 spiro atoms. The second kappa shape index (κ2) is 10.7. The first-order valence-electron chi connectivity index (χ1n) is 11.9. The fourth-order valence-electron chi connectivity index (χ4n) is 4.47. The first-order valence-corrected chi connectivity index (χ1v) is 11.9. The van der Waals surface area contributed by atoms with Crippen LogP contribution in [0.15, 0.2) is 48.5 Å². The molecule has 0 unspecified atom stereocenters. The van der Waals surface area contributed by atoms with Gasteiger partial charge >= 0.3 is 12.0 Å². The number of ether oxygens (including phenoxy) is 1. The topological polar surface area (TPSA) is 95.9 Å². The maximum atomic E-state index is 13.2. The van der Waals surface area contributed by atoms with E-state index in [1.165, 1.54) is 12.1 Å². The molecule has 3 rings (SSSR count). The van der Waals surface area contributed by atoms with Gasteiger partial charge in [0.2, 0.25) is 5.91 Å². The van der Waals surface area contributed by atoms with Crippen molar-refractivity contribution in [1.29, 1.82) is 0 Å². The van der Waals surface area contributed by atoms with Gasteiger partial charge < -0.3 is 15.2 Å². The second-order valence-corrected chi connectivity index (χ2v) is 8.93. The van der Waals surface area contributed by atoms with Crippen molar-refractivity contribution < 1.29 is 24.2 Å².